The summed E-state index contributed by atoms with van der Waals surface area (Å²) in [6.45, 7) is 5.76. The van der Waals surface area contributed by atoms with E-state index >= 15 is 0 Å². The van der Waals surface area contributed by atoms with E-state index in [9.17, 15) is 9.59 Å². The maximum absolute atomic E-state index is 13.8. The van der Waals surface area contributed by atoms with Crippen molar-refractivity contribution in [3.8, 4) is 0 Å². The highest BCUT2D eigenvalue weighted by molar-refractivity contribution is 5.71. The van der Waals surface area contributed by atoms with Gasteiger partial charge in [0.25, 0.3) is 5.56 Å². The largest absolute Gasteiger partial charge is 0.399 e. The van der Waals surface area contributed by atoms with Crippen LogP contribution in [0.15, 0.2) is 64.2 Å². The lowest BCUT2D eigenvalue weighted by Crippen LogP contribution is -2.41. The monoisotopic (exact) mass is 517 g/mol. The van der Waals surface area contributed by atoms with Crippen molar-refractivity contribution in [3.05, 3.63) is 92.4 Å². The fraction of sp³-hybridized carbons (Fsp3) is 0.414. The number of likely N-dealkylation sites (N-methyl/N-ethyl adjacent to an activating group) is 1. The maximum atomic E-state index is 13.8. The maximum Gasteiger partial charge on any atom is 0.332 e. The summed E-state index contributed by atoms with van der Waals surface area (Å²) in [5.74, 6) is 0.785. The van der Waals surface area contributed by atoms with Gasteiger partial charge in [0.15, 0.2) is 11.2 Å². The highest BCUT2D eigenvalue weighted by Crippen LogP contribution is 2.17. The first kappa shape index (κ1) is 27.3. The number of nitrogens with zero attached hydrogens (tertiary/aromatic N) is 5. The zero-order chi connectivity index (χ0) is 27.1. The topological polar surface area (TPSA) is 103 Å². The van der Waals surface area contributed by atoms with Crippen molar-refractivity contribution in [3.63, 3.8) is 0 Å². The second kappa shape index (κ2) is 12.7. The molecule has 9 nitrogen and oxygen atoms in total. The van der Waals surface area contributed by atoms with Gasteiger partial charge in [-0.3, -0.25) is 13.9 Å². The van der Waals surface area contributed by atoms with E-state index in [1.807, 2.05) is 61.1 Å². The number of anilines is 1. The van der Waals surface area contributed by atoms with E-state index in [1.165, 1.54) is 4.57 Å². The van der Waals surface area contributed by atoms with Crippen LogP contribution in [0.2, 0.25) is 0 Å². The van der Waals surface area contributed by atoms with Crippen LogP contribution < -0.4 is 22.3 Å². The van der Waals surface area contributed by atoms with Gasteiger partial charge in [-0.25, -0.2) is 9.78 Å². The normalized spacial score (nSPS) is 11.6. The zero-order valence-electron chi connectivity index (χ0n) is 22.7. The molecular weight excluding hydrogens is 478 g/mol. The molecule has 38 heavy (non-hydrogen) atoms. The van der Waals surface area contributed by atoms with Crippen molar-refractivity contribution >= 4 is 16.9 Å². The van der Waals surface area contributed by atoms with Crippen molar-refractivity contribution in [2.45, 2.75) is 45.8 Å². The van der Waals surface area contributed by atoms with E-state index in [1.54, 1.807) is 4.57 Å². The Morgan fingerprint density at radius 2 is 1.63 bits per heavy atom. The molecule has 4 rings (SSSR count). The molecule has 2 aromatic carbocycles. The molecule has 0 radical (unpaired) electrons. The third-order valence-electron chi connectivity index (χ3n) is 6.75. The summed E-state index contributed by atoms with van der Waals surface area (Å²) in [6, 6.07) is 17.8. The van der Waals surface area contributed by atoms with Crippen LogP contribution in [0.25, 0.3) is 11.2 Å². The summed E-state index contributed by atoms with van der Waals surface area (Å²) < 4.78 is 5.09. The molecule has 4 aromatic rings. The average molecular weight is 518 g/mol. The van der Waals surface area contributed by atoms with Crippen LogP contribution in [0.1, 0.15) is 30.3 Å². The van der Waals surface area contributed by atoms with Crippen LogP contribution in [-0.2, 0) is 32.5 Å². The van der Waals surface area contributed by atoms with Crippen LogP contribution in [0.4, 0.5) is 5.69 Å². The predicted octanol–water partition coefficient (Wildman–Crippen LogP) is 2.34. The van der Waals surface area contributed by atoms with Crippen molar-refractivity contribution < 1.29 is 0 Å². The number of imidazole rings is 1. The van der Waals surface area contributed by atoms with Crippen LogP contribution in [-0.4, -0.2) is 57.3 Å². The molecule has 2 heterocycles. The summed E-state index contributed by atoms with van der Waals surface area (Å²) in [5.41, 5.74) is 9.11. The molecule has 0 aliphatic rings. The van der Waals surface area contributed by atoms with Crippen LogP contribution in [0, 0.1) is 0 Å². The second-order valence-corrected chi connectivity index (χ2v) is 9.91. The number of aromatic nitrogens is 4. The average Bonchev–Trinajstić information content (AvgIpc) is 3.25. The molecular formula is C29H39N7O2. The molecule has 0 saturated carbocycles. The second-order valence-electron chi connectivity index (χ2n) is 9.91. The van der Waals surface area contributed by atoms with E-state index in [-0.39, 0.29) is 11.2 Å². The lowest BCUT2D eigenvalue weighted by atomic mass is 10.1. The summed E-state index contributed by atoms with van der Waals surface area (Å²) in [5, 5.41) is 3.36. The van der Waals surface area contributed by atoms with Crippen molar-refractivity contribution in [2.75, 3.05) is 39.5 Å². The molecule has 0 amide bonds. The van der Waals surface area contributed by atoms with E-state index in [0.717, 1.165) is 30.0 Å². The molecule has 202 valence electrons. The van der Waals surface area contributed by atoms with Gasteiger partial charge >= 0.3 is 5.69 Å². The SMILES string of the molecule is CCNCCn1c(Cc2ccccc2)nc2c1c(=O)n(CCCN(C)C)c(=O)n2CCc1ccc(N)cc1. The Morgan fingerprint density at radius 3 is 2.32 bits per heavy atom. The number of fused-ring (bicyclic) bond motifs is 1. The molecule has 0 saturated heterocycles. The van der Waals surface area contributed by atoms with Crippen molar-refractivity contribution in [2.24, 2.45) is 0 Å². The molecule has 9 heteroatoms. The summed E-state index contributed by atoms with van der Waals surface area (Å²) >= 11 is 0. The number of nitrogens with one attached hydrogen (secondary N) is 1. The predicted molar refractivity (Wildman–Crippen MR) is 154 cm³/mol. The van der Waals surface area contributed by atoms with Crippen molar-refractivity contribution in [1.82, 2.24) is 28.9 Å². The highest BCUT2D eigenvalue weighted by Gasteiger charge is 2.21. The molecule has 0 atom stereocenters. The summed E-state index contributed by atoms with van der Waals surface area (Å²) in [7, 11) is 3.98. The molecule has 0 spiro atoms. The van der Waals surface area contributed by atoms with E-state index in [0.29, 0.717) is 62.3 Å². The lowest BCUT2D eigenvalue weighted by molar-refractivity contribution is 0.380. The van der Waals surface area contributed by atoms with E-state index < -0.39 is 0 Å². The smallest absolute Gasteiger partial charge is 0.332 e. The Bertz CT molecular complexity index is 1450. The van der Waals surface area contributed by atoms with Gasteiger partial charge in [0, 0.05) is 38.3 Å². The number of nitrogen functional groups attached to an aromatic ring is 1. The summed E-state index contributed by atoms with van der Waals surface area (Å²) in [6.07, 6.45) is 1.91. The Balaban J connectivity index is 1.84. The summed E-state index contributed by atoms with van der Waals surface area (Å²) in [4.78, 5) is 34.6. The Morgan fingerprint density at radius 1 is 0.895 bits per heavy atom. The first-order valence-corrected chi connectivity index (χ1v) is 13.4. The fourth-order valence-electron chi connectivity index (χ4n) is 4.73. The van der Waals surface area contributed by atoms with Gasteiger partial charge in [0.05, 0.1) is 0 Å². The highest BCUT2D eigenvalue weighted by atomic mass is 16.2. The minimum absolute atomic E-state index is 0.268. The first-order valence-electron chi connectivity index (χ1n) is 13.4. The Hall–Kier alpha value is -3.69. The van der Waals surface area contributed by atoms with Gasteiger partial charge in [-0.1, -0.05) is 49.4 Å². The van der Waals surface area contributed by atoms with Gasteiger partial charge in [0.2, 0.25) is 0 Å². The number of aryl methyl sites for hydroxylation is 2. The Labute approximate surface area is 223 Å². The third kappa shape index (κ3) is 6.41. The quantitative estimate of drug-likeness (QED) is 0.208. The van der Waals surface area contributed by atoms with Crippen molar-refractivity contribution in [1.29, 1.82) is 0 Å². The minimum atomic E-state index is -0.306. The zero-order valence-corrected chi connectivity index (χ0v) is 22.7. The van der Waals surface area contributed by atoms with Gasteiger partial charge in [-0.05, 0) is 63.3 Å². The molecule has 2 aromatic heterocycles. The molecule has 0 bridgehead atoms. The van der Waals surface area contributed by atoms with E-state index in [4.69, 9.17) is 10.7 Å². The van der Waals surface area contributed by atoms with Gasteiger partial charge < -0.3 is 20.5 Å². The fourth-order valence-corrected chi connectivity index (χ4v) is 4.73. The standard InChI is InChI=1S/C29H39N7O2/c1-4-31-16-20-34-25(21-23-9-6-5-7-10-23)32-27-26(34)28(37)36(18-8-17-33(2)3)29(38)35(27)19-15-22-11-13-24(30)14-12-22/h5-7,9-14,31H,4,8,15-21,30H2,1-3H3. The van der Waals surface area contributed by atoms with Crippen LogP contribution in [0.5, 0.6) is 0 Å². The minimum Gasteiger partial charge on any atom is -0.399 e. The third-order valence-corrected chi connectivity index (χ3v) is 6.75. The molecule has 0 fully saturated rings. The van der Waals surface area contributed by atoms with Gasteiger partial charge in [-0.15, -0.1) is 0 Å². The van der Waals surface area contributed by atoms with Crippen LogP contribution in [0.3, 0.4) is 0 Å². The van der Waals surface area contributed by atoms with Gasteiger partial charge in [-0.2, -0.15) is 0 Å². The molecule has 3 N–H and O–H groups in total. The van der Waals surface area contributed by atoms with Gasteiger partial charge in [0.1, 0.15) is 5.82 Å². The lowest BCUT2D eigenvalue weighted by Gasteiger charge is -2.14. The molecule has 0 aliphatic carbocycles. The number of hydrogen-bond acceptors (Lipinski definition) is 6. The number of rotatable bonds is 13. The Kier molecular flexibility index (Phi) is 9.15. The number of nitrogens with two attached hydrogens (primary N) is 1. The first-order chi connectivity index (χ1) is 18.4. The van der Waals surface area contributed by atoms with Crippen LogP contribution >= 0.6 is 0 Å². The molecule has 0 aliphatic heterocycles. The van der Waals surface area contributed by atoms with E-state index in [2.05, 4.69) is 29.3 Å². The molecule has 0 unspecified atom stereocenters. The number of benzene rings is 2. The number of hydrogen-bond donors (Lipinski definition) is 2.